The fraction of sp³-hybridized carbons (Fsp3) is 0.103. The van der Waals surface area contributed by atoms with Crippen molar-refractivity contribution in [1.82, 2.24) is 4.90 Å². The van der Waals surface area contributed by atoms with Crippen LogP contribution in [0.2, 0.25) is 0 Å². The predicted octanol–water partition coefficient (Wildman–Crippen LogP) is 5.47. The van der Waals surface area contributed by atoms with E-state index in [-0.39, 0.29) is 17.9 Å². The number of fused-ring (bicyclic) bond motifs is 1. The second kappa shape index (κ2) is 8.87. The van der Waals surface area contributed by atoms with Gasteiger partial charge in [-0.1, -0.05) is 91.0 Å². The van der Waals surface area contributed by atoms with Crippen LogP contribution in [0.25, 0.3) is 16.5 Å². The zero-order chi connectivity index (χ0) is 23.7. The lowest BCUT2D eigenvalue weighted by Crippen LogP contribution is -2.29. The van der Waals surface area contributed by atoms with Crippen LogP contribution in [0.1, 0.15) is 22.7 Å². The Morgan fingerprint density at radius 2 is 1.53 bits per heavy atom. The van der Waals surface area contributed by atoms with E-state index in [1.807, 2.05) is 91.0 Å². The van der Waals surface area contributed by atoms with Gasteiger partial charge in [0.05, 0.1) is 25.3 Å². The zero-order valence-corrected chi connectivity index (χ0v) is 18.6. The van der Waals surface area contributed by atoms with Crippen LogP contribution in [0.5, 0.6) is 5.75 Å². The molecule has 1 saturated heterocycles. The number of carbonyl (C=O) groups excluding carboxylic acids is 2. The first-order chi connectivity index (χ1) is 16.6. The quantitative estimate of drug-likeness (QED) is 0.249. The summed E-state index contributed by atoms with van der Waals surface area (Å²) in [5, 5.41) is 13.2. The second-order valence-electron chi connectivity index (χ2n) is 8.18. The molecule has 0 aliphatic carbocycles. The van der Waals surface area contributed by atoms with Gasteiger partial charge in [0.1, 0.15) is 11.5 Å². The van der Waals surface area contributed by atoms with E-state index in [9.17, 15) is 14.7 Å². The third-order valence-electron chi connectivity index (χ3n) is 6.23. The van der Waals surface area contributed by atoms with Gasteiger partial charge in [0.2, 0.25) is 0 Å². The fourth-order valence-electron chi connectivity index (χ4n) is 4.62. The molecule has 5 heteroatoms. The van der Waals surface area contributed by atoms with Gasteiger partial charge in [-0.2, -0.15) is 0 Å². The summed E-state index contributed by atoms with van der Waals surface area (Å²) in [5.41, 5.74) is 2.13. The van der Waals surface area contributed by atoms with Crippen molar-refractivity contribution in [3.8, 4) is 5.75 Å². The number of aliphatic hydroxyl groups is 1. The van der Waals surface area contributed by atoms with Crippen LogP contribution in [0.4, 0.5) is 0 Å². The van der Waals surface area contributed by atoms with E-state index in [1.165, 1.54) is 4.90 Å². The largest absolute Gasteiger partial charge is 0.507 e. The molecule has 1 amide bonds. The second-order valence-corrected chi connectivity index (χ2v) is 8.18. The van der Waals surface area contributed by atoms with Crippen molar-refractivity contribution in [3.05, 3.63) is 119 Å². The van der Waals surface area contributed by atoms with Crippen LogP contribution >= 0.6 is 0 Å². The van der Waals surface area contributed by atoms with Crippen LogP contribution in [-0.2, 0) is 16.1 Å². The Labute approximate surface area is 197 Å². The molecule has 0 spiro atoms. The maximum absolute atomic E-state index is 13.4. The zero-order valence-electron chi connectivity index (χ0n) is 18.6. The number of para-hydroxylation sites is 1. The summed E-state index contributed by atoms with van der Waals surface area (Å²) >= 11 is 0. The Morgan fingerprint density at radius 1 is 0.853 bits per heavy atom. The number of rotatable bonds is 5. The first-order valence-corrected chi connectivity index (χ1v) is 11.0. The van der Waals surface area contributed by atoms with Gasteiger partial charge in [-0.05, 0) is 22.4 Å². The number of methoxy groups -OCH3 is 1. The summed E-state index contributed by atoms with van der Waals surface area (Å²) in [7, 11) is 1.57. The van der Waals surface area contributed by atoms with Crippen molar-refractivity contribution in [2.24, 2.45) is 0 Å². The molecule has 1 atom stereocenters. The summed E-state index contributed by atoms with van der Waals surface area (Å²) in [6, 6.07) is 29.2. The lowest BCUT2D eigenvalue weighted by atomic mass is 9.93. The molecule has 34 heavy (non-hydrogen) atoms. The molecule has 1 N–H and O–H groups in total. The van der Waals surface area contributed by atoms with Crippen LogP contribution in [0, 0.1) is 0 Å². The van der Waals surface area contributed by atoms with Crippen LogP contribution in [0.15, 0.2) is 103 Å². The maximum Gasteiger partial charge on any atom is 0.295 e. The highest BCUT2D eigenvalue weighted by Crippen LogP contribution is 2.41. The van der Waals surface area contributed by atoms with Gasteiger partial charge in [-0.15, -0.1) is 0 Å². The first-order valence-electron chi connectivity index (χ1n) is 11.0. The van der Waals surface area contributed by atoms with E-state index in [4.69, 9.17) is 4.74 Å². The smallest absolute Gasteiger partial charge is 0.295 e. The number of likely N-dealkylation sites (tertiary alicyclic amines) is 1. The molecule has 168 valence electrons. The maximum atomic E-state index is 13.4. The lowest BCUT2D eigenvalue weighted by molar-refractivity contribution is -0.140. The van der Waals surface area contributed by atoms with Crippen molar-refractivity contribution in [2.75, 3.05) is 7.11 Å². The predicted molar refractivity (Wildman–Crippen MR) is 131 cm³/mol. The Morgan fingerprint density at radius 3 is 2.32 bits per heavy atom. The molecule has 0 bridgehead atoms. The van der Waals surface area contributed by atoms with Gasteiger partial charge in [0.25, 0.3) is 11.7 Å². The summed E-state index contributed by atoms with van der Waals surface area (Å²) in [4.78, 5) is 28.2. The average molecular weight is 450 g/mol. The third kappa shape index (κ3) is 3.61. The highest BCUT2D eigenvalue weighted by molar-refractivity contribution is 6.46. The number of benzene rings is 4. The number of Topliss-reactive ketones (excluding diaryl/α,β-unsaturated/α-hetero) is 1. The topological polar surface area (TPSA) is 66.8 Å². The molecule has 1 heterocycles. The molecule has 0 aromatic heterocycles. The van der Waals surface area contributed by atoms with E-state index in [2.05, 4.69) is 0 Å². The normalized spacial score (nSPS) is 17.3. The minimum atomic E-state index is -0.731. The van der Waals surface area contributed by atoms with Gasteiger partial charge < -0.3 is 14.7 Å². The molecule has 4 aromatic rings. The first kappa shape index (κ1) is 21.5. The minimum absolute atomic E-state index is 0.0856. The minimum Gasteiger partial charge on any atom is -0.507 e. The molecule has 5 rings (SSSR count). The van der Waals surface area contributed by atoms with E-state index < -0.39 is 17.7 Å². The lowest BCUT2D eigenvalue weighted by Gasteiger charge is -2.26. The standard InChI is InChI=1S/C29H23NO4/c1-34-24-17-8-6-13-21(24)18-30-26(20-11-3-2-4-12-20)25(28(32)29(30)33)27(31)23-16-9-14-19-10-5-7-15-22(19)23/h2-17,26,31H,18H2,1H3/b27-25-. The highest BCUT2D eigenvalue weighted by Gasteiger charge is 2.46. The monoisotopic (exact) mass is 449 g/mol. The van der Waals surface area contributed by atoms with Crippen molar-refractivity contribution in [3.63, 3.8) is 0 Å². The molecule has 4 aromatic carbocycles. The molecule has 0 saturated carbocycles. The van der Waals surface area contributed by atoms with Gasteiger partial charge >= 0.3 is 0 Å². The van der Waals surface area contributed by atoms with Crippen LogP contribution < -0.4 is 4.74 Å². The summed E-state index contributed by atoms with van der Waals surface area (Å²) in [6.45, 7) is 0.167. The number of hydrogen-bond acceptors (Lipinski definition) is 4. The Balaban J connectivity index is 1.70. The average Bonchev–Trinajstić information content (AvgIpc) is 3.13. The van der Waals surface area contributed by atoms with Gasteiger partial charge in [-0.3, -0.25) is 9.59 Å². The molecule has 1 aliphatic heterocycles. The molecule has 1 fully saturated rings. The molecule has 5 nitrogen and oxygen atoms in total. The van der Waals surface area contributed by atoms with Crippen molar-refractivity contribution < 1.29 is 19.4 Å². The number of aliphatic hydroxyl groups excluding tert-OH is 1. The number of ketones is 1. The summed E-state index contributed by atoms with van der Waals surface area (Å²) in [6.07, 6.45) is 0. The van der Waals surface area contributed by atoms with E-state index in [0.29, 0.717) is 11.3 Å². The number of carbonyl (C=O) groups is 2. The Bertz CT molecular complexity index is 1420. The van der Waals surface area contributed by atoms with Gasteiger partial charge in [0, 0.05) is 11.1 Å². The molecule has 1 unspecified atom stereocenters. The Kier molecular flexibility index (Phi) is 5.60. The van der Waals surface area contributed by atoms with Crippen LogP contribution in [0.3, 0.4) is 0 Å². The number of amides is 1. The van der Waals surface area contributed by atoms with E-state index in [0.717, 1.165) is 21.9 Å². The third-order valence-corrected chi connectivity index (χ3v) is 6.23. The molecule has 0 radical (unpaired) electrons. The van der Waals surface area contributed by atoms with Crippen LogP contribution in [-0.4, -0.2) is 28.8 Å². The summed E-state index contributed by atoms with van der Waals surface area (Å²) < 4.78 is 5.47. The number of ether oxygens (including phenoxy) is 1. The SMILES string of the molecule is COc1ccccc1CN1C(=O)C(=O)/C(=C(\O)c2cccc3ccccc23)C1c1ccccc1. The molecule has 1 aliphatic rings. The van der Waals surface area contributed by atoms with E-state index in [1.54, 1.807) is 13.2 Å². The van der Waals surface area contributed by atoms with Crippen molar-refractivity contribution >= 4 is 28.2 Å². The fourth-order valence-corrected chi connectivity index (χ4v) is 4.62. The van der Waals surface area contributed by atoms with E-state index >= 15 is 0 Å². The van der Waals surface area contributed by atoms with Gasteiger partial charge in [0.15, 0.2) is 0 Å². The molecular formula is C29H23NO4. The Hall–Kier alpha value is -4.38. The number of hydrogen-bond donors (Lipinski definition) is 1. The highest BCUT2D eigenvalue weighted by atomic mass is 16.5. The van der Waals surface area contributed by atoms with Crippen molar-refractivity contribution in [2.45, 2.75) is 12.6 Å². The molecular weight excluding hydrogens is 426 g/mol. The van der Waals surface area contributed by atoms with Gasteiger partial charge in [-0.25, -0.2) is 0 Å². The number of nitrogens with zero attached hydrogens (tertiary/aromatic N) is 1. The summed E-state index contributed by atoms with van der Waals surface area (Å²) in [5.74, 6) is -0.896. The van der Waals surface area contributed by atoms with Crippen molar-refractivity contribution in [1.29, 1.82) is 0 Å².